The number of carbonyl (C=O) groups excluding carboxylic acids is 2. The van der Waals surface area contributed by atoms with Crippen molar-refractivity contribution in [3.63, 3.8) is 0 Å². The standard InChI is InChI=1S/C11H14N2O4/c1-3-8(9(14)16-4-2)10(15)17-11-12-6-5-7-13-11/h5-8H,3-4H2,1-2H3. The van der Waals surface area contributed by atoms with Crippen LogP contribution in [0.5, 0.6) is 6.01 Å². The molecule has 6 heteroatoms. The van der Waals surface area contributed by atoms with E-state index in [1.807, 2.05) is 0 Å². The highest BCUT2D eigenvalue weighted by molar-refractivity contribution is 5.95. The second-order valence-corrected chi connectivity index (χ2v) is 3.17. The van der Waals surface area contributed by atoms with E-state index in [2.05, 4.69) is 9.97 Å². The predicted molar refractivity (Wildman–Crippen MR) is 58.1 cm³/mol. The molecular weight excluding hydrogens is 224 g/mol. The lowest BCUT2D eigenvalue weighted by molar-refractivity contribution is -0.157. The van der Waals surface area contributed by atoms with Crippen molar-refractivity contribution < 1.29 is 19.1 Å². The Labute approximate surface area is 99.0 Å². The second kappa shape index (κ2) is 6.57. The van der Waals surface area contributed by atoms with Gasteiger partial charge in [-0.1, -0.05) is 6.92 Å². The Bertz CT molecular complexity index is 380. The zero-order valence-corrected chi connectivity index (χ0v) is 9.75. The molecule has 1 atom stereocenters. The van der Waals surface area contributed by atoms with Gasteiger partial charge in [0.2, 0.25) is 0 Å². The molecule has 0 aliphatic carbocycles. The molecule has 0 N–H and O–H groups in total. The maximum Gasteiger partial charge on any atom is 0.328 e. The summed E-state index contributed by atoms with van der Waals surface area (Å²) < 4.78 is 9.65. The summed E-state index contributed by atoms with van der Waals surface area (Å²) in [5.41, 5.74) is 0. The number of hydrogen-bond acceptors (Lipinski definition) is 6. The molecule has 0 fully saturated rings. The molecule has 0 radical (unpaired) electrons. The molecule has 0 amide bonds. The second-order valence-electron chi connectivity index (χ2n) is 3.17. The van der Waals surface area contributed by atoms with Gasteiger partial charge < -0.3 is 9.47 Å². The summed E-state index contributed by atoms with van der Waals surface area (Å²) in [6.07, 6.45) is 3.20. The summed E-state index contributed by atoms with van der Waals surface area (Å²) in [5, 5.41) is 0. The van der Waals surface area contributed by atoms with Crippen LogP contribution in [-0.2, 0) is 14.3 Å². The molecule has 1 heterocycles. The monoisotopic (exact) mass is 238 g/mol. The van der Waals surface area contributed by atoms with Crippen molar-refractivity contribution in [2.45, 2.75) is 20.3 Å². The molecule has 0 saturated carbocycles. The Kier molecular flexibility index (Phi) is 5.06. The summed E-state index contributed by atoms with van der Waals surface area (Å²) in [7, 11) is 0. The third-order valence-corrected chi connectivity index (χ3v) is 2.00. The fraction of sp³-hybridized carbons (Fsp3) is 0.455. The predicted octanol–water partition coefficient (Wildman–Crippen LogP) is 0.971. The largest absolute Gasteiger partial charge is 0.465 e. The number of esters is 2. The summed E-state index contributed by atoms with van der Waals surface area (Å²) in [5.74, 6) is -2.22. The van der Waals surface area contributed by atoms with Crippen LogP contribution in [0, 0.1) is 5.92 Å². The minimum Gasteiger partial charge on any atom is -0.465 e. The Morgan fingerprint density at radius 2 is 1.88 bits per heavy atom. The maximum absolute atomic E-state index is 11.7. The van der Waals surface area contributed by atoms with Crippen molar-refractivity contribution in [1.29, 1.82) is 0 Å². The molecule has 6 nitrogen and oxygen atoms in total. The van der Waals surface area contributed by atoms with Crippen LogP contribution < -0.4 is 4.74 Å². The van der Waals surface area contributed by atoms with E-state index in [4.69, 9.17) is 9.47 Å². The molecule has 1 aromatic rings. The van der Waals surface area contributed by atoms with Crippen LogP contribution in [0.4, 0.5) is 0 Å². The number of ether oxygens (including phenoxy) is 2. The van der Waals surface area contributed by atoms with Gasteiger partial charge in [0.05, 0.1) is 6.61 Å². The van der Waals surface area contributed by atoms with E-state index in [0.29, 0.717) is 6.42 Å². The SMILES string of the molecule is CCOC(=O)C(CC)C(=O)Oc1ncccn1. The van der Waals surface area contributed by atoms with Crippen molar-refractivity contribution in [3.05, 3.63) is 18.5 Å². The van der Waals surface area contributed by atoms with Crippen molar-refractivity contribution >= 4 is 11.9 Å². The molecule has 17 heavy (non-hydrogen) atoms. The van der Waals surface area contributed by atoms with Crippen molar-refractivity contribution in [2.24, 2.45) is 5.92 Å². The quantitative estimate of drug-likeness (QED) is 0.562. The van der Waals surface area contributed by atoms with Crippen LogP contribution in [0.2, 0.25) is 0 Å². The van der Waals surface area contributed by atoms with Crippen LogP contribution >= 0.6 is 0 Å². The van der Waals surface area contributed by atoms with Crippen LogP contribution in [0.1, 0.15) is 20.3 Å². The first-order chi connectivity index (χ1) is 8.19. The summed E-state index contributed by atoms with van der Waals surface area (Å²) in [6, 6.07) is 1.53. The average molecular weight is 238 g/mol. The number of rotatable bonds is 5. The van der Waals surface area contributed by atoms with Crippen molar-refractivity contribution in [2.75, 3.05) is 6.61 Å². The van der Waals surface area contributed by atoms with E-state index in [-0.39, 0.29) is 12.6 Å². The van der Waals surface area contributed by atoms with Gasteiger partial charge in [0.1, 0.15) is 0 Å². The number of nitrogens with zero attached hydrogens (tertiary/aromatic N) is 2. The number of carbonyl (C=O) groups is 2. The van der Waals surface area contributed by atoms with Crippen molar-refractivity contribution in [1.82, 2.24) is 9.97 Å². The van der Waals surface area contributed by atoms with E-state index >= 15 is 0 Å². The zero-order valence-electron chi connectivity index (χ0n) is 9.75. The lowest BCUT2D eigenvalue weighted by Gasteiger charge is -2.11. The van der Waals surface area contributed by atoms with E-state index in [0.717, 1.165) is 0 Å². The molecule has 1 aromatic heterocycles. The molecule has 1 unspecified atom stereocenters. The minimum atomic E-state index is -0.932. The minimum absolute atomic E-state index is 0.0692. The molecule has 0 bridgehead atoms. The Morgan fingerprint density at radius 1 is 1.24 bits per heavy atom. The number of hydrogen-bond donors (Lipinski definition) is 0. The van der Waals surface area contributed by atoms with E-state index in [1.54, 1.807) is 19.9 Å². The Morgan fingerprint density at radius 3 is 2.41 bits per heavy atom. The van der Waals surface area contributed by atoms with Gasteiger partial charge in [-0.05, 0) is 19.4 Å². The lowest BCUT2D eigenvalue weighted by Crippen LogP contribution is -2.29. The Hall–Kier alpha value is -1.98. The lowest BCUT2D eigenvalue weighted by atomic mass is 10.1. The molecule has 0 aliphatic heterocycles. The summed E-state index contributed by atoms with van der Waals surface area (Å²) in [4.78, 5) is 30.6. The normalized spacial score (nSPS) is 11.6. The molecule has 0 aliphatic rings. The van der Waals surface area contributed by atoms with Gasteiger partial charge in [-0.3, -0.25) is 9.59 Å². The molecule has 1 rings (SSSR count). The summed E-state index contributed by atoms with van der Waals surface area (Å²) >= 11 is 0. The maximum atomic E-state index is 11.7. The van der Waals surface area contributed by atoms with Crippen LogP contribution in [0.3, 0.4) is 0 Å². The van der Waals surface area contributed by atoms with Gasteiger partial charge in [-0.2, -0.15) is 0 Å². The van der Waals surface area contributed by atoms with Crippen molar-refractivity contribution in [3.8, 4) is 6.01 Å². The highest BCUT2D eigenvalue weighted by Gasteiger charge is 2.28. The van der Waals surface area contributed by atoms with Gasteiger partial charge in [-0.15, -0.1) is 0 Å². The van der Waals surface area contributed by atoms with Gasteiger partial charge in [0, 0.05) is 12.4 Å². The Balaban J connectivity index is 2.64. The average Bonchev–Trinajstić information content (AvgIpc) is 2.31. The fourth-order valence-electron chi connectivity index (χ4n) is 1.17. The first-order valence-corrected chi connectivity index (χ1v) is 5.34. The molecule has 92 valence electrons. The van der Waals surface area contributed by atoms with E-state index in [9.17, 15) is 9.59 Å². The topological polar surface area (TPSA) is 78.4 Å². The van der Waals surface area contributed by atoms with Gasteiger partial charge in [0.25, 0.3) is 0 Å². The van der Waals surface area contributed by atoms with Crippen LogP contribution in [0.25, 0.3) is 0 Å². The molecular formula is C11H14N2O4. The molecule has 0 saturated heterocycles. The van der Waals surface area contributed by atoms with Gasteiger partial charge >= 0.3 is 17.9 Å². The van der Waals surface area contributed by atoms with E-state index in [1.165, 1.54) is 12.4 Å². The van der Waals surface area contributed by atoms with Crippen LogP contribution in [-0.4, -0.2) is 28.5 Å². The highest BCUT2D eigenvalue weighted by atomic mass is 16.6. The van der Waals surface area contributed by atoms with E-state index < -0.39 is 17.9 Å². The van der Waals surface area contributed by atoms with Gasteiger partial charge in [-0.25, -0.2) is 9.97 Å². The van der Waals surface area contributed by atoms with Gasteiger partial charge in [0.15, 0.2) is 5.92 Å². The first kappa shape index (κ1) is 13.1. The first-order valence-electron chi connectivity index (χ1n) is 5.34. The third kappa shape index (κ3) is 3.82. The summed E-state index contributed by atoms with van der Waals surface area (Å²) in [6.45, 7) is 3.61. The fourth-order valence-corrected chi connectivity index (χ4v) is 1.17. The van der Waals surface area contributed by atoms with Crippen LogP contribution in [0.15, 0.2) is 18.5 Å². The smallest absolute Gasteiger partial charge is 0.328 e. The number of aromatic nitrogens is 2. The highest BCUT2D eigenvalue weighted by Crippen LogP contribution is 2.10. The molecule has 0 aromatic carbocycles. The zero-order chi connectivity index (χ0) is 12.7. The molecule has 0 spiro atoms. The third-order valence-electron chi connectivity index (χ3n) is 2.00.